The number of methoxy groups -OCH3 is 1. The molecule has 0 aliphatic heterocycles. The normalized spacial score (nSPS) is 11.7. The van der Waals surface area contributed by atoms with Gasteiger partial charge in [-0.25, -0.2) is 0 Å². The van der Waals surface area contributed by atoms with Gasteiger partial charge in [0, 0.05) is 6.07 Å². The molecule has 0 N–H and O–H groups in total. The molecule has 3 aromatic rings. The predicted molar refractivity (Wildman–Crippen MR) is 87.2 cm³/mol. The number of rotatable bonds is 5. The number of para-hydroxylation sites is 1. The third-order valence-corrected chi connectivity index (χ3v) is 3.45. The summed E-state index contributed by atoms with van der Waals surface area (Å²) in [6, 6.07) is 28.9. The summed E-state index contributed by atoms with van der Waals surface area (Å²) in [5.41, 5.74) is 2.18. The van der Waals surface area contributed by atoms with Gasteiger partial charge in [0.05, 0.1) is 7.11 Å². The molecule has 0 aliphatic carbocycles. The van der Waals surface area contributed by atoms with Gasteiger partial charge in [-0.2, -0.15) is 0 Å². The Morgan fingerprint density at radius 3 is 2.09 bits per heavy atom. The van der Waals surface area contributed by atoms with Crippen molar-refractivity contribution in [2.24, 2.45) is 0 Å². The maximum absolute atomic E-state index is 6.16. The topological polar surface area (TPSA) is 18.5 Å². The molecule has 0 bridgehead atoms. The second kappa shape index (κ2) is 6.81. The lowest BCUT2D eigenvalue weighted by atomic mass is 10.0. The molecule has 2 heteroatoms. The Hall–Kier alpha value is -2.74. The summed E-state index contributed by atoms with van der Waals surface area (Å²) in [6.45, 7) is 0. The zero-order valence-corrected chi connectivity index (χ0v) is 12.4. The highest BCUT2D eigenvalue weighted by Crippen LogP contribution is 2.29. The highest BCUT2D eigenvalue weighted by atomic mass is 16.5. The van der Waals surface area contributed by atoms with Crippen LogP contribution in [0.1, 0.15) is 17.2 Å². The Morgan fingerprint density at radius 1 is 0.773 bits per heavy atom. The first-order valence-corrected chi connectivity index (χ1v) is 7.19. The van der Waals surface area contributed by atoms with Crippen molar-refractivity contribution in [1.29, 1.82) is 0 Å². The zero-order valence-electron chi connectivity index (χ0n) is 12.4. The van der Waals surface area contributed by atoms with E-state index in [9.17, 15) is 0 Å². The molecule has 109 valence electrons. The Bertz CT molecular complexity index is 691. The molecule has 0 amide bonds. The van der Waals surface area contributed by atoms with Crippen LogP contribution in [0.5, 0.6) is 11.5 Å². The molecular formula is C20H17O2. The molecule has 1 atom stereocenters. The minimum absolute atomic E-state index is 0.175. The van der Waals surface area contributed by atoms with E-state index in [0.717, 1.165) is 22.6 Å². The van der Waals surface area contributed by atoms with E-state index in [1.807, 2.05) is 66.7 Å². The molecule has 0 fully saturated rings. The summed E-state index contributed by atoms with van der Waals surface area (Å²) in [7, 11) is 1.67. The maximum Gasteiger partial charge on any atom is 0.149 e. The summed E-state index contributed by atoms with van der Waals surface area (Å²) in [6.07, 6.45) is -0.175. The van der Waals surface area contributed by atoms with E-state index < -0.39 is 0 Å². The van der Waals surface area contributed by atoms with Crippen LogP contribution in [-0.4, -0.2) is 7.11 Å². The first kappa shape index (κ1) is 14.2. The average molecular weight is 289 g/mol. The fraction of sp³-hybridized carbons (Fsp3) is 0.100. The van der Waals surface area contributed by atoms with Gasteiger partial charge in [0.25, 0.3) is 0 Å². The molecule has 0 aliphatic rings. The Kier molecular flexibility index (Phi) is 4.40. The second-order valence-electron chi connectivity index (χ2n) is 4.91. The summed E-state index contributed by atoms with van der Waals surface area (Å²) >= 11 is 0. The molecular weight excluding hydrogens is 272 g/mol. The number of benzene rings is 3. The van der Waals surface area contributed by atoms with E-state index in [1.54, 1.807) is 7.11 Å². The van der Waals surface area contributed by atoms with Gasteiger partial charge in [0.15, 0.2) is 0 Å². The van der Waals surface area contributed by atoms with Crippen LogP contribution in [0.25, 0.3) is 0 Å². The van der Waals surface area contributed by atoms with Gasteiger partial charge in [0.2, 0.25) is 0 Å². The van der Waals surface area contributed by atoms with Crippen molar-refractivity contribution in [3.8, 4) is 11.5 Å². The fourth-order valence-corrected chi connectivity index (χ4v) is 2.31. The molecule has 0 aromatic heterocycles. The summed E-state index contributed by atoms with van der Waals surface area (Å²) in [4.78, 5) is 0. The molecule has 3 rings (SSSR count). The van der Waals surface area contributed by atoms with Crippen molar-refractivity contribution in [1.82, 2.24) is 0 Å². The molecule has 2 nitrogen and oxygen atoms in total. The van der Waals surface area contributed by atoms with E-state index in [1.165, 1.54) is 0 Å². The standard InChI is InChI=1S/C20H17O2/c1-21-18-14-12-17(13-15-18)20(16-8-4-2-5-9-16)22-19-10-6-3-7-11-19/h2-10,12-15,20H,1H3. The van der Waals surface area contributed by atoms with Gasteiger partial charge in [-0.3, -0.25) is 0 Å². The average Bonchev–Trinajstić information content (AvgIpc) is 2.61. The molecule has 3 aromatic carbocycles. The van der Waals surface area contributed by atoms with Gasteiger partial charge in [-0.1, -0.05) is 60.7 Å². The predicted octanol–water partition coefficient (Wildman–Crippen LogP) is 4.66. The van der Waals surface area contributed by atoms with Crippen molar-refractivity contribution in [2.75, 3.05) is 7.11 Å². The van der Waals surface area contributed by atoms with Crippen LogP contribution in [0.2, 0.25) is 0 Å². The monoisotopic (exact) mass is 289 g/mol. The molecule has 0 heterocycles. The summed E-state index contributed by atoms with van der Waals surface area (Å²) < 4.78 is 11.4. The number of hydrogen-bond acceptors (Lipinski definition) is 2. The van der Waals surface area contributed by atoms with E-state index in [-0.39, 0.29) is 6.10 Å². The van der Waals surface area contributed by atoms with Crippen molar-refractivity contribution in [3.63, 3.8) is 0 Å². The fourth-order valence-electron chi connectivity index (χ4n) is 2.31. The van der Waals surface area contributed by atoms with Gasteiger partial charge in [0.1, 0.15) is 17.6 Å². The third-order valence-electron chi connectivity index (χ3n) is 3.45. The third kappa shape index (κ3) is 3.29. The van der Waals surface area contributed by atoms with E-state index in [4.69, 9.17) is 9.47 Å². The van der Waals surface area contributed by atoms with Crippen molar-refractivity contribution < 1.29 is 9.47 Å². The van der Waals surface area contributed by atoms with Crippen molar-refractivity contribution in [3.05, 3.63) is 96.1 Å². The molecule has 22 heavy (non-hydrogen) atoms. The minimum Gasteiger partial charge on any atom is -0.497 e. The van der Waals surface area contributed by atoms with Gasteiger partial charge in [-0.15, -0.1) is 0 Å². The van der Waals surface area contributed by atoms with Crippen LogP contribution in [0, 0.1) is 6.07 Å². The van der Waals surface area contributed by atoms with E-state index >= 15 is 0 Å². The largest absolute Gasteiger partial charge is 0.497 e. The zero-order chi connectivity index (χ0) is 15.2. The minimum atomic E-state index is -0.175. The second-order valence-corrected chi connectivity index (χ2v) is 4.91. The highest BCUT2D eigenvalue weighted by molar-refractivity contribution is 5.36. The summed E-state index contributed by atoms with van der Waals surface area (Å²) in [5.74, 6) is 1.56. The van der Waals surface area contributed by atoms with E-state index in [0.29, 0.717) is 0 Å². The van der Waals surface area contributed by atoms with Gasteiger partial charge in [-0.05, 0) is 29.3 Å². The summed E-state index contributed by atoms with van der Waals surface area (Å²) in [5, 5.41) is 0. The number of hydrogen-bond donors (Lipinski definition) is 0. The van der Waals surface area contributed by atoms with Crippen molar-refractivity contribution >= 4 is 0 Å². The van der Waals surface area contributed by atoms with Crippen LogP contribution >= 0.6 is 0 Å². The molecule has 1 radical (unpaired) electrons. The lowest BCUT2D eigenvalue weighted by Crippen LogP contribution is -2.09. The smallest absolute Gasteiger partial charge is 0.149 e. The molecule has 0 saturated heterocycles. The van der Waals surface area contributed by atoms with Crippen LogP contribution in [0.4, 0.5) is 0 Å². The Morgan fingerprint density at radius 2 is 1.45 bits per heavy atom. The molecule has 1 unspecified atom stereocenters. The molecule has 0 spiro atoms. The first-order valence-electron chi connectivity index (χ1n) is 7.19. The van der Waals surface area contributed by atoms with Gasteiger partial charge < -0.3 is 9.47 Å². The van der Waals surface area contributed by atoms with Crippen LogP contribution < -0.4 is 9.47 Å². The Balaban J connectivity index is 1.95. The van der Waals surface area contributed by atoms with E-state index in [2.05, 4.69) is 18.2 Å². The van der Waals surface area contributed by atoms with Gasteiger partial charge >= 0.3 is 0 Å². The molecule has 0 saturated carbocycles. The SMILES string of the molecule is COc1ccc(C(Oc2[c]cccc2)c2ccccc2)cc1. The lowest BCUT2D eigenvalue weighted by molar-refractivity contribution is 0.246. The maximum atomic E-state index is 6.16. The first-order chi connectivity index (χ1) is 10.9. The number of ether oxygens (including phenoxy) is 2. The van der Waals surface area contributed by atoms with Crippen molar-refractivity contribution in [2.45, 2.75) is 6.10 Å². The Labute approximate surface area is 131 Å². The highest BCUT2D eigenvalue weighted by Gasteiger charge is 2.16. The van der Waals surface area contributed by atoms with Crippen LogP contribution in [0.3, 0.4) is 0 Å². The quantitative estimate of drug-likeness (QED) is 0.680. The van der Waals surface area contributed by atoms with Crippen LogP contribution in [-0.2, 0) is 0 Å². The lowest BCUT2D eigenvalue weighted by Gasteiger charge is -2.20. The van der Waals surface area contributed by atoms with Crippen LogP contribution in [0.15, 0.2) is 78.9 Å².